The van der Waals surface area contributed by atoms with Crippen LogP contribution in [-0.4, -0.2) is 39.4 Å². The summed E-state index contributed by atoms with van der Waals surface area (Å²) in [6, 6.07) is 5.02. The Morgan fingerprint density at radius 3 is 2.74 bits per heavy atom. The molecule has 2 aromatic rings. The zero-order chi connectivity index (χ0) is 16.8. The molecule has 0 unspecified atom stereocenters. The predicted octanol–water partition coefficient (Wildman–Crippen LogP) is 1.51. The van der Waals surface area contributed by atoms with Gasteiger partial charge in [0, 0.05) is 19.7 Å². The van der Waals surface area contributed by atoms with E-state index in [0.717, 1.165) is 0 Å². The number of methoxy groups -OCH3 is 1. The molecule has 1 aromatic carbocycles. The second-order valence-electron chi connectivity index (χ2n) is 4.66. The number of nitrogens with one attached hydrogen (secondary N) is 2. The largest absolute Gasteiger partial charge is 0.495 e. The molecule has 0 spiro atoms. The van der Waals surface area contributed by atoms with Gasteiger partial charge in [-0.1, -0.05) is 11.8 Å². The number of carbonyl (C=O) groups excluding carboxylic acids is 2. The number of aromatic nitrogens is 3. The summed E-state index contributed by atoms with van der Waals surface area (Å²) in [5.74, 6) is 0.290. The summed E-state index contributed by atoms with van der Waals surface area (Å²) in [5, 5.41) is 13.7. The topological polar surface area (TPSA) is 98.1 Å². The number of carbonyl (C=O) groups is 2. The molecule has 0 atom stereocenters. The van der Waals surface area contributed by atoms with Gasteiger partial charge in [0.25, 0.3) is 0 Å². The molecule has 0 aliphatic rings. The highest BCUT2D eigenvalue weighted by Crippen LogP contribution is 2.28. The first-order valence-corrected chi connectivity index (χ1v) is 7.70. The molecule has 2 rings (SSSR count). The van der Waals surface area contributed by atoms with Crippen LogP contribution in [0.5, 0.6) is 5.75 Å². The maximum absolute atomic E-state index is 12.1. The fourth-order valence-corrected chi connectivity index (χ4v) is 2.49. The Labute approximate surface area is 137 Å². The Morgan fingerprint density at radius 1 is 1.35 bits per heavy atom. The van der Waals surface area contributed by atoms with E-state index in [1.54, 1.807) is 36.1 Å². The van der Waals surface area contributed by atoms with Crippen LogP contribution >= 0.6 is 11.8 Å². The van der Waals surface area contributed by atoms with Gasteiger partial charge in [-0.2, -0.15) is 0 Å². The lowest BCUT2D eigenvalue weighted by molar-refractivity contribution is -0.114. The molecule has 122 valence electrons. The molecule has 9 heteroatoms. The molecule has 1 aromatic heterocycles. The molecule has 0 bridgehead atoms. The van der Waals surface area contributed by atoms with Crippen LogP contribution in [0.2, 0.25) is 0 Å². The summed E-state index contributed by atoms with van der Waals surface area (Å²) in [6.45, 7) is 1.42. The highest BCUT2D eigenvalue weighted by molar-refractivity contribution is 7.99. The van der Waals surface area contributed by atoms with Gasteiger partial charge in [-0.25, -0.2) is 0 Å². The monoisotopic (exact) mass is 335 g/mol. The van der Waals surface area contributed by atoms with Gasteiger partial charge < -0.3 is 19.9 Å². The highest BCUT2D eigenvalue weighted by Gasteiger charge is 2.11. The summed E-state index contributed by atoms with van der Waals surface area (Å²) < 4.78 is 6.95. The fourth-order valence-electron chi connectivity index (χ4n) is 1.81. The van der Waals surface area contributed by atoms with Crippen molar-refractivity contribution in [1.29, 1.82) is 0 Å². The van der Waals surface area contributed by atoms with Crippen molar-refractivity contribution in [3.8, 4) is 5.75 Å². The van der Waals surface area contributed by atoms with Crippen LogP contribution < -0.4 is 15.4 Å². The highest BCUT2D eigenvalue weighted by atomic mass is 32.2. The van der Waals surface area contributed by atoms with Gasteiger partial charge in [0.15, 0.2) is 5.16 Å². The van der Waals surface area contributed by atoms with Crippen LogP contribution in [0.1, 0.15) is 6.92 Å². The molecule has 23 heavy (non-hydrogen) atoms. The number of hydrogen-bond acceptors (Lipinski definition) is 6. The van der Waals surface area contributed by atoms with E-state index in [9.17, 15) is 9.59 Å². The molecular formula is C14H17N5O3S. The van der Waals surface area contributed by atoms with Crippen molar-refractivity contribution >= 4 is 35.0 Å². The van der Waals surface area contributed by atoms with Crippen molar-refractivity contribution in [2.45, 2.75) is 12.1 Å². The number of hydrogen-bond donors (Lipinski definition) is 2. The van der Waals surface area contributed by atoms with E-state index in [-0.39, 0.29) is 17.6 Å². The van der Waals surface area contributed by atoms with Crippen LogP contribution in [-0.2, 0) is 16.6 Å². The maximum Gasteiger partial charge on any atom is 0.234 e. The van der Waals surface area contributed by atoms with Gasteiger partial charge in [0.05, 0.1) is 18.6 Å². The van der Waals surface area contributed by atoms with Crippen LogP contribution in [0, 0.1) is 0 Å². The molecule has 0 saturated heterocycles. The van der Waals surface area contributed by atoms with E-state index in [2.05, 4.69) is 20.8 Å². The molecule has 0 saturated carbocycles. The lowest BCUT2D eigenvalue weighted by Crippen LogP contribution is -2.15. The van der Waals surface area contributed by atoms with Crippen LogP contribution in [0.15, 0.2) is 29.7 Å². The van der Waals surface area contributed by atoms with Crippen molar-refractivity contribution in [2.24, 2.45) is 7.05 Å². The third kappa shape index (κ3) is 4.71. The SMILES string of the molecule is COc1ccc(NC(C)=O)cc1NC(=O)CSc1nncn1C. The summed E-state index contributed by atoms with van der Waals surface area (Å²) in [5.41, 5.74) is 1.07. The molecule has 2 N–H and O–H groups in total. The number of rotatable bonds is 6. The first-order chi connectivity index (χ1) is 11.0. The Hall–Kier alpha value is -2.55. The van der Waals surface area contributed by atoms with Crippen LogP contribution in [0.3, 0.4) is 0 Å². The van der Waals surface area contributed by atoms with Gasteiger partial charge in [-0.05, 0) is 18.2 Å². The predicted molar refractivity (Wildman–Crippen MR) is 87.7 cm³/mol. The molecule has 0 aliphatic heterocycles. The summed E-state index contributed by atoms with van der Waals surface area (Å²) in [6.07, 6.45) is 1.57. The smallest absolute Gasteiger partial charge is 0.234 e. The van der Waals surface area contributed by atoms with Crippen molar-refractivity contribution < 1.29 is 14.3 Å². The third-order valence-corrected chi connectivity index (χ3v) is 3.83. The maximum atomic E-state index is 12.1. The zero-order valence-electron chi connectivity index (χ0n) is 13.0. The van der Waals surface area contributed by atoms with E-state index in [4.69, 9.17) is 4.74 Å². The standard InChI is InChI=1S/C14H17N5O3S/c1-9(20)16-10-4-5-12(22-3)11(6-10)17-13(21)7-23-14-18-15-8-19(14)2/h4-6,8H,7H2,1-3H3,(H,16,20)(H,17,21). The Morgan fingerprint density at radius 2 is 2.13 bits per heavy atom. The second-order valence-corrected chi connectivity index (χ2v) is 5.60. The van der Waals surface area contributed by atoms with Crippen molar-refractivity contribution in [1.82, 2.24) is 14.8 Å². The summed E-state index contributed by atoms with van der Waals surface area (Å²) in [4.78, 5) is 23.2. The average Bonchev–Trinajstić information content (AvgIpc) is 2.90. The number of aryl methyl sites for hydroxylation is 1. The number of ether oxygens (including phenoxy) is 1. The molecule has 0 fully saturated rings. The minimum absolute atomic E-state index is 0.181. The molecule has 8 nitrogen and oxygen atoms in total. The first-order valence-electron chi connectivity index (χ1n) is 6.72. The average molecular weight is 335 g/mol. The number of anilines is 2. The summed E-state index contributed by atoms with van der Waals surface area (Å²) >= 11 is 1.28. The first kappa shape index (κ1) is 16.8. The second kappa shape index (κ2) is 7.63. The van der Waals surface area contributed by atoms with E-state index >= 15 is 0 Å². The lowest BCUT2D eigenvalue weighted by Gasteiger charge is -2.12. The fraction of sp³-hybridized carbons (Fsp3) is 0.286. The number of thioether (sulfide) groups is 1. The van der Waals surface area contributed by atoms with Gasteiger partial charge >= 0.3 is 0 Å². The molecule has 0 radical (unpaired) electrons. The third-order valence-electron chi connectivity index (χ3n) is 2.80. The zero-order valence-corrected chi connectivity index (χ0v) is 13.8. The molecule has 0 aliphatic carbocycles. The molecule has 2 amide bonds. The lowest BCUT2D eigenvalue weighted by atomic mass is 10.2. The quantitative estimate of drug-likeness (QED) is 0.777. The Kier molecular flexibility index (Phi) is 5.58. The minimum Gasteiger partial charge on any atom is -0.495 e. The van der Waals surface area contributed by atoms with E-state index in [1.165, 1.54) is 25.8 Å². The Balaban J connectivity index is 2.03. The normalized spacial score (nSPS) is 10.2. The summed E-state index contributed by atoms with van der Waals surface area (Å²) in [7, 11) is 3.32. The Bertz CT molecular complexity index is 716. The number of benzene rings is 1. The molecule has 1 heterocycles. The van der Waals surface area contributed by atoms with Crippen molar-refractivity contribution in [3.63, 3.8) is 0 Å². The van der Waals surface area contributed by atoms with Crippen molar-refractivity contribution in [2.75, 3.05) is 23.5 Å². The van der Waals surface area contributed by atoms with Gasteiger partial charge in [-0.15, -0.1) is 10.2 Å². The van der Waals surface area contributed by atoms with E-state index in [1.807, 2.05) is 0 Å². The van der Waals surface area contributed by atoms with Crippen LogP contribution in [0.4, 0.5) is 11.4 Å². The minimum atomic E-state index is -0.212. The van der Waals surface area contributed by atoms with Gasteiger partial charge in [0.1, 0.15) is 12.1 Å². The van der Waals surface area contributed by atoms with Crippen molar-refractivity contribution in [3.05, 3.63) is 24.5 Å². The van der Waals surface area contributed by atoms with Crippen LogP contribution in [0.25, 0.3) is 0 Å². The number of nitrogens with zero attached hydrogens (tertiary/aromatic N) is 3. The van der Waals surface area contributed by atoms with Gasteiger partial charge in [-0.3, -0.25) is 9.59 Å². The van der Waals surface area contributed by atoms with E-state index in [0.29, 0.717) is 22.3 Å². The number of amides is 2. The van der Waals surface area contributed by atoms with E-state index < -0.39 is 0 Å². The molecular weight excluding hydrogens is 318 g/mol. The van der Waals surface area contributed by atoms with Gasteiger partial charge in [0.2, 0.25) is 11.8 Å².